The molecule has 2 aliphatic rings. The molecule has 0 aromatic heterocycles. The summed E-state index contributed by atoms with van der Waals surface area (Å²) in [6, 6.07) is 42.3. The molecule has 0 atom stereocenters. The van der Waals surface area contributed by atoms with Gasteiger partial charge in [-0.25, -0.2) is 0 Å². The Hall–Kier alpha value is -3.90. The summed E-state index contributed by atoms with van der Waals surface area (Å²) in [6.45, 7) is 4.47. The summed E-state index contributed by atoms with van der Waals surface area (Å²) in [6.07, 6.45) is 0. The third-order valence-electron chi connectivity index (χ3n) is 7.48. The number of rotatable bonds is 2. The zero-order valence-electron chi connectivity index (χ0n) is 18.3. The van der Waals surface area contributed by atoms with Gasteiger partial charge in [0.05, 0.1) is 0 Å². The second-order valence-corrected chi connectivity index (χ2v) is 9.17. The predicted octanol–water partition coefficient (Wildman–Crippen LogP) is 8.19. The summed E-state index contributed by atoms with van der Waals surface area (Å²) in [5.74, 6) is 0.473. The van der Waals surface area contributed by atoms with E-state index in [1.807, 2.05) is 0 Å². The summed E-state index contributed by atoms with van der Waals surface area (Å²) in [5.41, 5.74) is 14.7. The maximum Gasteiger partial charge on any atom is 0.0355 e. The normalized spacial score (nSPS) is 14.0. The Morgan fingerprint density at radius 3 is 1.24 bits per heavy atom. The monoisotopic (exact) mass is 419 g/mol. The zero-order chi connectivity index (χ0) is 21.9. The minimum atomic E-state index is 0.219. The fourth-order valence-corrected chi connectivity index (χ4v) is 6.07. The molecule has 0 amide bonds. The van der Waals surface area contributed by atoms with Crippen LogP contribution in [0, 0.1) is 6.92 Å². The van der Waals surface area contributed by atoms with E-state index in [9.17, 15) is 0 Å². The van der Waals surface area contributed by atoms with Gasteiger partial charge in [0.1, 0.15) is 0 Å². The van der Waals surface area contributed by atoms with Crippen LogP contribution in [0.15, 0.2) is 115 Å². The van der Waals surface area contributed by atoms with Gasteiger partial charge in [0, 0.05) is 11.8 Å². The molecule has 0 saturated heterocycles. The van der Waals surface area contributed by atoms with Crippen molar-refractivity contribution in [3.63, 3.8) is 0 Å². The lowest BCUT2D eigenvalue weighted by Gasteiger charge is -2.21. The van der Waals surface area contributed by atoms with Gasteiger partial charge in [-0.15, -0.1) is 0 Å². The Bertz CT molecular complexity index is 1450. The second kappa shape index (κ2) is 7.05. The van der Waals surface area contributed by atoms with E-state index in [0.717, 1.165) is 5.56 Å². The van der Waals surface area contributed by atoms with Crippen LogP contribution >= 0.6 is 0 Å². The van der Waals surface area contributed by atoms with Crippen LogP contribution in [0.2, 0.25) is 0 Å². The van der Waals surface area contributed by atoms with E-state index in [-0.39, 0.29) is 11.8 Å². The molecule has 7 rings (SSSR count). The van der Waals surface area contributed by atoms with Gasteiger partial charge in [0.15, 0.2) is 0 Å². The largest absolute Gasteiger partial charge is 0.0619 e. The van der Waals surface area contributed by atoms with Crippen LogP contribution in [0.3, 0.4) is 0 Å². The van der Waals surface area contributed by atoms with Crippen molar-refractivity contribution in [3.8, 4) is 22.3 Å². The van der Waals surface area contributed by atoms with Gasteiger partial charge in [0.25, 0.3) is 0 Å². The van der Waals surface area contributed by atoms with Crippen LogP contribution in [0.5, 0.6) is 0 Å². The lowest BCUT2D eigenvalue weighted by molar-refractivity contribution is 0.967. The molecule has 0 nitrogen and oxygen atoms in total. The number of hydrogen-bond acceptors (Lipinski definition) is 0. The van der Waals surface area contributed by atoms with E-state index in [2.05, 4.69) is 122 Å². The molecule has 33 heavy (non-hydrogen) atoms. The molecule has 0 fully saturated rings. The Morgan fingerprint density at radius 2 is 0.788 bits per heavy atom. The first kappa shape index (κ1) is 18.7. The van der Waals surface area contributed by atoms with Gasteiger partial charge in [-0.1, -0.05) is 115 Å². The van der Waals surface area contributed by atoms with Gasteiger partial charge in [-0.3, -0.25) is 0 Å². The van der Waals surface area contributed by atoms with E-state index in [1.165, 1.54) is 55.6 Å². The average Bonchev–Trinajstić information content (AvgIpc) is 3.38. The van der Waals surface area contributed by atoms with E-state index in [4.69, 9.17) is 0 Å². The Kier molecular flexibility index (Phi) is 3.98. The smallest absolute Gasteiger partial charge is 0.0355 e. The average molecular weight is 420 g/mol. The highest BCUT2D eigenvalue weighted by atomic mass is 14.4. The molecule has 155 valence electrons. The highest BCUT2D eigenvalue weighted by molar-refractivity contribution is 5.82. The second-order valence-electron chi connectivity index (χ2n) is 9.17. The lowest BCUT2D eigenvalue weighted by Crippen LogP contribution is -2.05. The third kappa shape index (κ3) is 2.64. The zero-order valence-corrected chi connectivity index (χ0v) is 18.3. The van der Waals surface area contributed by atoms with Crippen molar-refractivity contribution in [1.29, 1.82) is 0 Å². The molecule has 0 aliphatic heterocycles. The molecule has 2 aliphatic carbocycles. The van der Waals surface area contributed by atoms with Crippen LogP contribution in [0.4, 0.5) is 0 Å². The van der Waals surface area contributed by atoms with Gasteiger partial charge >= 0.3 is 0 Å². The van der Waals surface area contributed by atoms with Gasteiger partial charge in [-0.2, -0.15) is 0 Å². The molecule has 1 radical (unpaired) electrons. The lowest BCUT2D eigenvalue weighted by atomic mass is 9.82. The molecule has 0 saturated carbocycles. The minimum absolute atomic E-state index is 0.219. The number of benzene rings is 5. The fourth-order valence-electron chi connectivity index (χ4n) is 6.07. The maximum atomic E-state index is 4.47. The molecule has 0 heterocycles. The Morgan fingerprint density at radius 1 is 0.394 bits per heavy atom. The summed E-state index contributed by atoms with van der Waals surface area (Å²) in [4.78, 5) is 0. The van der Waals surface area contributed by atoms with Crippen molar-refractivity contribution >= 4 is 0 Å². The van der Waals surface area contributed by atoms with E-state index in [0.29, 0.717) is 0 Å². The summed E-state index contributed by atoms with van der Waals surface area (Å²) in [7, 11) is 0. The first-order valence-electron chi connectivity index (χ1n) is 11.6. The van der Waals surface area contributed by atoms with Crippen LogP contribution in [0.25, 0.3) is 22.3 Å². The molecule has 0 N–H and O–H groups in total. The fraction of sp³-hybridized carbons (Fsp3) is 0.0606. The van der Waals surface area contributed by atoms with E-state index < -0.39 is 0 Å². The molecule has 5 aromatic carbocycles. The van der Waals surface area contributed by atoms with Crippen molar-refractivity contribution in [1.82, 2.24) is 0 Å². The quantitative estimate of drug-likeness (QED) is 0.265. The van der Waals surface area contributed by atoms with Gasteiger partial charge < -0.3 is 0 Å². The maximum absolute atomic E-state index is 4.47. The van der Waals surface area contributed by atoms with Crippen molar-refractivity contribution in [2.45, 2.75) is 11.8 Å². The Balaban J connectivity index is 1.44. The van der Waals surface area contributed by atoms with Gasteiger partial charge in [-0.05, 0) is 68.1 Å². The molecular formula is C33H23. The molecule has 5 aromatic rings. The summed E-state index contributed by atoms with van der Waals surface area (Å²) >= 11 is 0. The topological polar surface area (TPSA) is 0 Å². The van der Waals surface area contributed by atoms with Gasteiger partial charge in [0.2, 0.25) is 0 Å². The molecule has 0 heteroatoms. The Labute approximate surface area is 195 Å². The minimum Gasteiger partial charge on any atom is -0.0619 e. The van der Waals surface area contributed by atoms with Crippen molar-refractivity contribution < 1.29 is 0 Å². The van der Waals surface area contributed by atoms with E-state index in [1.54, 1.807) is 0 Å². The van der Waals surface area contributed by atoms with Crippen LogP contribution < -0.4 is 0 Å². The molecule has 0 spiro atoms. The van der Waals surface area contributed by atoms with Crippen LogP contribution in [0.1, 0.15) is 50.8 Å². The molecule has 0 unspecified atom stereocenters. The summed E-state index contributed by atoms with van der Waals surface area (Å²) in [5, 5.41) is 0. The van der Waals surface area contributed by atoms with Crippen molar-refractivity contribution in [3.05, 3.63) is 161 Å². The third-order valence-corrected chi connectivity index (χ3v) is 7.48. The number of hydrogen-bond donors (Lipinski definition) is 0. The van der Waals surface area contributed by atoms with E-state index >= 15 is 0 Å². The first-order valence-corrected chi connectivity index (χ1v) is 11.6. The molecule has 0 bridgehead atoms. The van der Waals surface area contributed by atoms with Crippen LogP contribution in [-0.4, -0.2) is 0 Å². The summed E-state index contributed by atoms with van der Waals surface area (Å²) < 4.78 is 0. The standard InChI is InChI=1S/C33H23/c1-21-18-19-22(32-27-14-6-2-10-23(27)24-11-3-7-15-28(24)32)20-31(21)33-29-16-8-4-12-25(29)26-13-5-9-17-30(26)33/h2-20,32-33H,1H2. The number of fused-ring (bicyclic) bond motifs is 6. The van der Waals surface area contributed by atoms with Crippen molar-refractivity contribution in [2.75, 3.05) is 0 Å². The van der Waals surface area contributed by atoms with Crippen LogP contribution in [-0.2, 0) is 0 Å². The highest BCUT2D eigenvalue weighted by Gasteiger charge is 2.33. The van der Waals surface area contributed by atoms with Crippen molar-refractivity contribution in [2.24, 2.45) is 0 Å². The SMILES string of the molecule is [CH2]c1ccc(C2c3ccccc3-c3ccccc32)cc1C1c2ccccc2-c2ccccc21. The predicted molar refractivity (Wildman–Crippen MR) is 137 cm³/mol. The first-order chi connectivity index (χ1) is 16.3. The highest BCUT2D eigenvalue weighted by Crippen LogP contribution is 2.51. The molecular weight excluding hydrogens is 396 g/mol.